The van der Waals surface area contributed by atoms with Crippen molar-refractivity contribution in [2.45, 2.75) is 32.5 Å². The van der Waals surface area contributed by atoms with Crippen molar-refractivity contribution < 1.29 is 13.9 Å². The van der Waals surface area contributed by atoms with Crippen LogP contribution >= 0.6 is 0 Å². The van der Waals surface area contributed by atoms with E-state index >= 15 is 0 Å². The van der Waals surface area contributed by atoms with Gasteiger partial charge in [-0.05, 0) is 27.8 Å². The highest BCUT2D eigenvalue weighted by Gasteiger charge is 2.39. The van der Waals surface area contributed by atoms with Gasteiger partial charge in [-0.3, -0.25) is 0 Å². The van der Waals surface area contributed by atoms with Gasteiger partial charge in [0.1, 0.15) is 11.7 Å². The van der Waals surface area contributed by atoms with Gasteiger partial charge in [-0.15, -0.1) is 0 Å². The van der Waals surface area contributed by atoms with Crippen molar-refractivity contribution in [1.82, 2.24) is 5.32 Å². The monoisotopic (exact) mass is 177 g/mol. The molecule has 0 heterocycles. The Morgan fingerprint density at radius 2 is 2.25 bits per heavy atom. The molecule has 2 atom stereocenters. The number of hydrogen-bond donors (Lipinski definition) is 1. The number of halogens is 1. The maximum absolute atomic E-state index is 13.0. The molecule has 0 bridgehead atoms. The van der Waals surface area contributed by atoms with Gasteiger partial charge in [0.05, 0.1) is 6.61 Å². The van der Waals surface area contributed by atoms with Gasteiger partial charge in [0.15, 0.2) is 0 Å². The Morgan fingerprint density at radius 1 is 1.75 bits per heavy atom. The van der Waals surface area contributed by atoms with Crippen molar-refractivity contribution in [1.29, 1.82) is 0 Å². The summed E-state index contributed by atoms with van der Waals surface area (Å²) in [7, 11) is 1.53. The molecule has 1 N–H and O–H groups in total. The third-order valence-electron chi connectivity index (χ3n) is 2.01. The minimum absolute atomic E-state index is 0.267. The zero-order valence-electron chi connectivity index (χ0n) is 7.98. The van der Waals surface area contributed by atoms with Crippen LogP contribution in [0.4, 0.5) is 4.39 Å². The highest BCUT2D eigenvalue weighted by molar-refractivity contribution is 5.81. The minimum atomic E-state index is -1.28. The highest BCUT2D eigenvalue weighted by Crippen LogP contribution is 2.14. The van der Waals surface area contributed by atoms with Gasteiger partial charge in [-0.25, -0.2) is 9.18 Å². The van der Waals surface area contributed by atoms with E-state index in [0.717, 1.165) is 0 Å². The number of nitrogens with one attached hydrogen (secondary N) is 1. The summed E-state index contributed by atoms with van der Waals surface area (Å²) in [6.45, 7) is 4.77. The van der Waals surface area contributed by atoms with E-state index in [0.29, 0.717) is 0 Å². The van der Waals surface area contributed by atoms with E-state index < -0.39 is 17.7 Å². The van der Waals surface area contributed by atoms with Crippen LogP contribution in [0.2, 0.25) is 0 Å². The van der Waals surface area contributed by atoms with Crippen LogP contribution in [0.3, 0.4) is 0 Å². The fourth-order valence-electron chi connectivity index (χ4n) is 0.744. The number of hydrogen-bond acceptors (Lipinski definition) is 3. The molecule has 1 unspecified atom stereocenters. The van der Waals surface area contributed by atoms with Crippen LogP contribution < -0.4 is 5.32 Å². The van der Waals surface area contributed by atoms with Crippen molar-refractivity contribution in [3.05, 3.63) is 0 Å². The van der Waals surface area contributed by atoms with Crippen molar-refractivity contribution in [2.75, 3.05) is 13.7 Å². The minimum Gasteiger partial charge on any atom is -0.465 e. The Morgan fingerprint density at radius 3 is 2.50 bits per heavy atom. The number of carbonyl (C=O) groups is 1. The van der Waals surface area contributed by atoms with Crippen LogP contribution in [0.15, 0.2) is 0 Å². The lowest BCUT2D eigenvalue weighted by Crippen LogP contribution is -2.54. The molecule has 0 saturated heterocycles. The van der Waals surface area contributed by atoms with E-state index in [-0.39, 0.29) is 6.61 Å². The molecule has 0 aliphatic rings. The maximum atomic E-state index is 13.0. The normalized spacial score (nSPS) is 18.1. The standard InChI is InChI=1S/C8H16FNO2/c1-5-12-7(11)8(3,10-4)6(2)9/h6,10H,5H2,1-4H3/t6-,8?/m1/s1. The van der Waals surface area contributed by atoms with Crippen LogP contribution in [0.5, 0.6) is 0 Å². The molecular formula is C8H16FNO2. The van der Waals surface area contributed by atoms with E-state index in [1.54, 1.807) is 6.92 Å². The Labute approximate surface area is 72.3 Å². The molecule has 4 heteroatoms. The van der Waals surface area contributed by atoms with Gasteiger partial charge in [-0.1, -0.05) is 0 Å². The fraction of sp³-hybridized carbons (Fsp3) is 0.875. The first-order valence-electron chi connectivity index (χ1n) is 3.99. The summed E-state index contributed by atoms with van der Waals surface area (Å²) in [5, 5.41) is 2.61. The first-order valence-corrected chi connectivity index (χ1v) is 3.99. The topological polar surface area (TPSA) is 38.3 Å². The first-order chi connectivity index (χ1) is 5.49. The smallest absolute Gasteiger partial charge is 0.329 e. The molecule has 12 heavy (non-hydrogen) atoms. The number of likely N-dealkylation sites (N-methyl/N-ethyl adjacent to an activating group) is 1. The van der Waals surface area contributed by atoms with E-state index in [4.69, 9.17) is 4.74 Å². The van der Waals surface area contributed by atoms with E-state index in [1.165, 1.54) is 20.9 Å². The average molecular weight is 177 g/mol. The average Bonchev–Trinajstić information content (AvgIpc) is 2.03. The Kier molecular flexibility index (Phi) is 4.17. The Hall–Kier alpha value is -0.640. The molecule has 72 valence electrons. The largest absolute Gasteiger partial charge is 0.465 e. The van der Waals surface area contributed by atoms with Gasteiger partial charge in [0.25, 0.3) is 0 Å². The molecule has 0 aliphatic heterocycles. The van der Waals surface area contributed by atoms with Gasteiger partial charge in [-0.2, -0.15) is 0 Å². The number of rotatable bonds is 4. The molecular weight excluding hydrogens is 161 g/mol. The molecule has 0 aromatic heterocycles. The first kappa shape index (κ1) is 11.4. The van der Waals surface area contributed by atoms with Crippen LogP contribution in [-0.4, -0.2) is 31.3 Å². The van der Waals surface area contributed by atoms with Gasteiger partial charge >= 0.3 is 5.97 Å². The summed E-state index contributed by atoms with van der Waals surface area (Å²) < 4.78 is 17.7. The molecule has 0 aromatic rings. The Balaban J connectivity index is 4.40. The third kappa shape index (κ3) is 2.17. The lowest BCUT2D eigenvalue weighted by Gasteiger charge is -2.27. The highest BCUT2D eigenvalue weighted by atomic mass is 19.1. The summed E-state index contributed by atoms with van der Waals surface area (Å²) in [6.07, 6.45) is -1.28. The lowest BCUT2D eigenvalue weighted by molar-refractivity contribution is -0.152. The summed E-state index contributed by atoms with van der Waals surface area (Å²) in [5.41, 5.74) is -1.23. The molecule has 3 nitrogen and oxygen atoms in total. The molecule has 0 rings (SSSR count). The molecule has 0 aliphatic carbocycles. The van der Waals surface area contributed by atoms with Crippen LogP contribution in [0.1, 0.15) is 20.8 Å². The molecule has 0 fully saturated rings. The van der Waals surface area contributed by atoms with E-state index in [2.05, 4.69) is 5.32 Å². The second kappa shape index (κ2) is 4.40. The molecule has 0 aromatic carbocycles. The second-order valence-corrected chi connectivity index (χ2v) is 2.79. The van der Waals surface area contributed by atoms with Crippen molar-refractivity contribution in [3.8, 4) is 0 Å². The molecule has 0 spiro atoms. The van der Waals surface area contributed by atoms with Crippen LogP contribution in [0.25, 0.3) is 0 Å². The van der Waals surface area contributed by atoms with Crippen molar-refractivity contribution >= 4 is 5.97 Å². The predicted octanol–water partition coefficient (Wildman–Crippen LogP) is 0.886. The zero-order chi connectivity index (χ0) is 9.78. The van der Waals surface area contributed by atoms with Gasteiger partial charge in [0.2, 0.25) is 0 Å². The quantitative estimate of drug-likeness (QED) is 0.648. The third-order valence-corrected chi connectivity index (χ3v) is 2.01. The molecule has 0 saturated carbocycles. The van der Waals surface area contributed by atoms with Crippen molar-refractivity contribution in [3.63, 3.8) is 0 Å². The number of ether oxygens (including phenoxy) is 1. The number of alkyl halides is 1. The fourth-order valence-corrected chi connectivity index (χ4v) is 0.744. The van der Waals surface area contributed by atoms with Gasteiger partial charge in [0, 0.05) is 0 Å². The summed E-state index contributed by atoms with van der Waals surface area (Å²) >= 11 is 0. The number of esters is 1. The van der Waals surface area contributed by atoms with Crippen LogP contribution in [0, 0.1) is 0 Å². The van der Waals surface area contributed by atoms with Crippen LogP contribution in [-0.2, 0) is 9.53 Å². The van der Waals surface area contributed by atoms with Gasteiger partial charge < -0.3 is 10.1 Å². The second-order valence-electron chi connectivity index (χ2n) is 2.79. The Bertz CT molecular complexity index is 161. The molecule has 0 radical (unpaired) electrons. The predicted molar refractivity (Wildman–Crippen MR) is 44.7 cm³/mol. The summed E-state index contributed by atoms with van der Waals surface area (Å²) in [6, 6.07) is 0. The zero-order valence-corrected chi connectivity index (χ0v) is 7.98. The maximum Gasteiger partial charge on any atom is 0.329 e. The summed E-state index contributed by atoms with van der Waals surface area (Å²) in [5.74, 6) is -0.553. The van der Waals surface area contributed by atoms with Crippen molar-refractivity contribution in [2.24, 2.45) is 0 Å². The summed E-state index contributed by atoms with van der Waals surface area (Å²) in [4.78, 5) is 11.2. The number of carbonyl (C=O) groups excluding carboxylic acids is 1. The van der Waals surface area contributed by atoms with E-state index in [1.807, 2.05) is 0 Å². The van der Waals surface area contributed by atoms with E-state index in [9.17, 15) is 9.18 Å². The SMILES string of the molecule is CCOC(=O)C(C)(NC)[C@@H](C)F. The lowest BCUT2D eigenvalue weighted by atomic mass is 9.98. The molecule has 0 amide bonds.